The van der Waals surface area contributed by atoms with Crippen molar-refractivity contribution in [2.24, 2.45) is 5.92 Å². The van der Waals surface area contributed by atoms with Crippen molar-refractivity contribution in [3.8, 4) is 5.75 Å². The minimum atomic E-state index is 0.114. The van der Waals surface area contributed by atoms with Gasteiger partial charge in [0.25, 0.3) is 0 Å². The monoisotopic (exact) mass is 270 g/mol. The van der Waals surface area contributed by atoms with Crippen molar-refractivity contribution in [1.29, 1.82) is 0 Å². The lowest BCUT2D eigenvalue weighted by molar-refractivity contribution is -0.110. The number of methoxy groups -OCH3 is 1. The van der Waals surface area contributed by atoms with Crippen LogP contribution in [0.1, 0.15) is 18.9 Å². The Bertz CT molecular complexity index is 336. The zero-order valence-electron chi connectivity index (χ0n) is 9.00. The fraction of sp³-hybridized carbons (Fsp3) is 0.417. The number of benzene rings is 1. The first-order valence-corrected chi connectivity index (χ1v) is 5.74. The van der Waals surface area contributed by atoms with E-state index in [4.69, 9.17) is 4.74 Å². The average molecular weight is 271 g/mol. The molecule has 0 aliphatic heterocycles. The number of halogens is 1. The van der Waals surface area contributed by atoms with Crippen molar-refractivity contribution in [2.45, 2.75) is 19.8 Å². The third-order valence-electron chi connectivity index (χ3n) is 2.35. The van der Waals surface area contributed by atoms with Crippen LogP contribution in [0, 0.1) is 5.92 Å². The van der Waals surface area contributed by atoms with E-state index in [1.165, 1.54) is 5.56 Å². The second-order valence-corrected chi connectivity index (χ2v) is 4.46. The molecule has 2 nitrogen and oxygen atoms in total. The van der Waals surface area contributed by atoms with Crippen LogP contribution in [0.5, 0.6) is 5.75 Å². The predicted molar refractivity (Wildman–Crippen MR) is 64.2 cm³/mol. The molecule has 0 radical (unpaired) electrons. The second kappa shape index (κ2) is 5.91. The quantitative estimate of drug-likeness (QED) is 0.768. The summed E-state index contributed by atoms with van der Waals surface area (Å²) in [5.74, 6) is 0.968. The van der Waals surface area contributed by atoms with Gasteiger partial charge in [-0.2, -0.15) is 0 Å². The largest absolute Gasteiger partial charge is 0.497 e. The van der Waals surface area contributed by atoms with Gasteiger partial charge in [0.15, 0.2) is 0 Å². The van der Waals surface area contributed by atoms with Crippen LogP contribution >= 0.6 is 15.9 Å². The zero-order chi connectivity index (χ0) is 11.3. The molecule has 0 heterocycles. The molecule has 0 aliphatic carbocycles. The van der Waals surface area contributed by atoms with E-state index >= 15 is 0 Å². The second-order valence-electron chi connectivity index (χ2n) is 3.61. The highest BCUT2D eigenvalue weighted by Crippen LogP contribution is 2.24. The first kappa shape index (κ1) is 12.2. The average Bonchev–Trinajstić information content (AvgIpc) is 2.27. The van der Waals surface area contributed by atoms with E-state index in [9.17, 15) is 4.79 Å². The fourth-order valence-corrected chi connectivity index (χ4v) is 1.77. The first-order chi connectivity index (χ1) is 7.17. The van der Waals surface area contributed by atoms with Crippen LogP contribution in [0.2, 0.25) is 0 Å². The molecule has 0 spiro atoms. The molecular weight excluding hydrogens is 256 g/mol. The summed E-state index contributed by atoms with van der Waals surface area (Å²) in [6.07, 6.45) is 2.75. The van der Waals surface area contributed by atoms with Gasteiger partial charge in [0, 0.05) is 10.4 Å². The lowest BCUT2D eigenvalue weighted by Gasteiger charge is -2.08. The molecule has 0 aromatic heterocycles. The summed E-state index contributed by atoms with van der Waals surface area (Å²) in [6.45, 7) is 1.93. The summed E-state index contributed by atoms with van der Waals surface area (Å²) in [7, 11) is 1.65. The van der Waals surface area contributed by atoms with Crippen molar-refractivity contribution >= 4 is 22.2 Å². The van der Waals surface area contributed by atoms with Gasteiger partial charge in [0.2, 0.25) is 0 Å². The number of aldehydes is 1. The van der Waals surface area contributed by atoms with Gasteiger partial charge in [-0.3, -0.25) is 0 Å². The van der Waals surface area contributed by atoms with Crippen LogP contribution in [-0.2, 0) is 11.2 Å². The molecule has 0 unspecified atom stereocenters. The number of hydrogen-bond donors (Lipinski definition) is 0. The molecule has 0 N–H and O–H groups in total. The predicted octanol–water partition coefficient (Wildman–Crippen LogP) is 3.23. The number of ether oxygens (including phenoxy) is 1. The molecule has 1 atom stereocenters. The molecule has 3 heteroatoms. The van der Waals surface area contributed by atoms with E-state index < -0.39 is 0 Å². The molecule has 0 bridgehead atoms. The van der Waals surface area contributed by atoms with Crippen molar-refractivity contribution in [3.63, 3.8) is 0 Å². The molecule has 15 heavy (non-hydrogen) atoms. The third-order valence-corrected chi connectivity index (χ3v) is 3.13. The Labute approximate surface area is 98.8 Å². The molecule has 82 valence electrons. The van der Waals surface area contributed by atoms with E-state index in [0.717, 1.165) is 29.4 Å². The molecule has 0 fully saturated rings. The SMILES string of the molecule is COc1ccc(Br)c(CC[C@@H](C)C=O)c1. The molecule has 1 aromatic rings. The number of aryl methyl sites for hydroxylation is 1. The molecule has 0 aliphatic rings. The van der Waals surface area contributed by atoms with Crippen LogP contribution in [-0.4, -0.2) is 13.4 Å². The number of carbonyl (C=O) groups excluding carboxylic acids is 1. The maximum Gasteiger partial charge on any atom is 0.122 e. The molecule has 0 amide bonds. The van der Waals surface area contributed by atoms with Gasteiger partial charge in [-0.15, -0.1) is 0 Å². The van der Waals surface area contributed by atoms with Crippen LogP contribution in [0.4, 0.5) is 0 Å². The van der Waals surface area contributed by atoms with Crippen LogP contribution in [0.3, 0.4) is 0 Å². The van der Waals surface area contributed by atoms with Crippen molar-refractivity contribution < 1.29 is 9.53 Å². The minimum absolute atomic E-state index is 0.114. The van der Waals surface area contributed by atoms with E-state index in [2.05, 4.69) is 15.9 Å². The Morgan fingerprint density at radius 1 is 1.53 bits per heavy atom. The van der Waals surface area contributed by atoms with Gasteiger partial charge in [0.05, 0.1) is 7.11 Å². The summed E-state index contributed by atoms with van der Waals surface area (Å²) in [5.41, 5.74) is 1.18. The maximum absolute atomic E-state index is 10.5. The van der Waals surface area contributed by atoms with Crippen LogP contribution in [0.15, 0.2) is 22.7 Å². The van der Waals surface area contributed by atoms with Gasteiger partial charge in [-0.1, -0.05) is 22.9 Å². The maximum atomic E-state index is 10.5. The Hall–Kier alpha value is -0.830. The summed E-state index contributed by atoms with van der Waals surface area (Å²) in [5, 5.41) is 0. The Balaban J connectivity index is 2.70. The lowest BCUT2D eigenvalue weighted by atomic mass is 10.0. The third kappa shape index (κ3) is 3.67. The first-order valence-electron chi connectivity index (χ1n) is 4.95. The lowest BCUT2D eigenvalue weighted by Crippen LogP contribution is -1.99. The zero-order valence-corrected chi connectivity index (χ0v) is 10.6. The van der Waals surface area contributed by atoms with E-state index in [0.29, 0.717) is 0 Å². The van der Waals surface area contributed by atoms with Crippen molar-refractivity contribution in [3.05, 3.63) is 28.2 Å². The fourth-order valence-electron chi connectivity index (χ4n) is 1.32. The van der Waals surface area contributed by atoms with E-state index in [-0.39, 0.29) is 5.92 Å². The normalized spacial score (nSPS) is 12.2. The summed E-state index contributed by atoms with van der Waals surface area (Å²) in [4.78, 5) is 10.5. The highest BCUT2D eigenvalue weighted by Gasteiger charge is 2.05. The van der Waals surface area contributed by atoms with Crippen molar-refractivity contribution in [2.75, 3.05) is 7.11 Å². The molecule has 1 rings (SSSR count). The highest BCUT2D eigenvalue weighted by molar-refractivity contribution is 9.10. The number of hydrogen-bond acceptors (Lipinski definition) is 2. The number of rotatable bonds is 5. The molecule has 0 saturated heterocycles. The van der Waals surface area contributed by atoms with Crippen LogP contribution < -0.4 is 4.74 Å². The highest BCUT2D eigenvalue weighted by atomic mass is 79.9. The molecule has 0 saturated carbocycles. The Morgan fingerprint density at radius 2 is 2.27 bits per heavy atom. The molecular formula is C12H15BrO2. The topological polar surface area (TPSA) is 26.3 Å². The van der Waals surface area contributed by atoms with E-state index in [1.54, 1.807) is 7.11 Å². The van der Waals surface area contributed by atoms with Gasteiger partial charge in [0.1, 0.15) is 12.0 Å². The van der Waals surface area contributed by atoms with Crippen LogP contribution in [0.25, 0.3) is 0 Å². The summed E-state index contributed by atoms with van der Waals surface area (Å²) < 4.78 is 6.22. The van der Waals surface area contributed by atoms with E-state index in [1.807, 2.05) is 25.1 Å². The minimum Gasteiger partial charge on any atom is -0.497 e. The summed E-state index contributed by atoms with van der Waals surface area (Å²) >= 11 is 3.49. The standard InChI is InChI=1S/C12H15BrO2/c1-9(8-14)3-4-10-7-11(15-2)5-6-12(10)13/h5-9H,3-4H2,1-2H3/t9-/m1/s1. The van der Waals surface area contributed by atoms with Gasteiger partial charge < -0.3 is 9.53 Å². The smallest absolute Gasteiger partial charge is 0.122 e. The number of carbonyl (C=O) groups is 1. The van der Waals surface area contributed by atoms with Gasteiger partial charge >= 0.3 is 0 Å². The Morgan fingerprint density at radius 3 is 2.87 bits per heavy atom. The molecule has 1 aromatic carbocycles. The van der Waals surface area contributed by atoms with Gasteiger partial charge in [-0.05, 0) is 36.6 Å². The Kier molecular flexibility index (Phi) is 4.82. The van der Waals surface area contributed by atoms with Gasteiger partial charge in [-0.25, -0.2) is 0 Å². The summed E-state index contributed by atoms with van der Waals surface area (Å²) in [6, 6.07) is 5.89. The van der Waals surface area contributed by atoms with Crippen molar-refractivity contribution in [1.82, 2.24) is 0 Å².